The lowest BCUT2D eigenvalue weighted by molar-refractivity contribution is -0.112. The summed E-state index contributed by atoms with van der Waals surface area (Å²) >= 11 is 6.29. The van der Waals surface area contributed by atoms with Crippen LogP contribution in [0.15, 0.2) is 25.7 Å². The molecule has 12 heavy (non-hydrogen) atoms. The second kappa shape index (κ2) is 4.05. The van der Waals surface area contributed by atoms with Gasteiger partial charge in [0.15, 0.2) is 10.5 Å². The van der Waals surface area contributed by atoms with Crippen molar-refractivity contribution in [3.05, 3.63) is 27.0 Å². The summed E-state index contributed by atoms with van der Waals surface area (Å²) in [5, 5.41) is 0. The summed E-state index contributed by atoms with van der Waals surface area (Å²) in [6.07, 6.45) is 1.63. The number of ketones is 1. The summed E-state index contributed by atoms with van der Waals surface area (Å²) in [4.78, 5) is 10.8. The Bertz CT molecular complexity index is 326. The van der Waals surface area contributed by atoms with Crippen molar-refractivity contribution >= 4 is 43.7 Å². The topological polar surface area (TPSA) is 30.2 Å². The highest BCUT2D eigenvalue weighted by molar-refractivity contribution is 9.12. The van der Waals surface area contributed by atoms with Crippen molar-refractivity contribution in [3.8, 4) is 0 Å². The average Bonchev–Trinajstić information content (AvgIpc) is 2.35. The minimum atomic E-state index is -0.0254. The molecule has 2 nitrogen and oxygen atoms in total. The molecule has 0 saturated carbocycles. The van der Waals surface area contributed by atoms with Crippen molar-refractivity contribution in [2.75, 3.05) is 0 Å². The van der Waals surface area contributed by atoms with Crippen LogP contribution in [0.2, 0.25) is 0 Å². The van der Waals surface area contributed by atoms with E-state index in [1.807, 2.05) is 0 Å². The molecule has 0 aliphatic heterocycles. The molecule has 0 spiro atoms. The van der Waals surface area contributed by atoms with Gasteiger partial charge in [0.05, 0.1) is 4.48 Å². The van der Waals surface area contributed by atoms with Gasteiger partial charge in [-0.1, -0.05) is 0 Å². The van der Waals surface area contributed by atoms with E-state index in [9.17, 15) is 4.79 Å². The van der Waals surface area contributed by atoms with Gasteiger partial charge in [-0.05, 0) is 57.0 Å². The van der Waals surface area contributed by atoms with Gasteiger partial charge in [-0.2, -0.15) is 0 Å². The van der Waals surface area contributed by atoms with Crippen molar-refractivity contribution in [1.82, 2.24) is 0 Å². The third kappa shape index (κ3) is 2.60. The molecule has 0 aromatic carbocycles. The average molecular weight is 294 g/mol. The van der Waals surface area contributed by atoms with Gasteiger partial charge in [-0.15, -0.1) is 0 Å². The summed E-state index contributed by atoms with van der Waals surface area (Å²) in [6.45, 7) is 1.48. The molecule has 0 bridgehead atoms. The summed E-state index contributed by atoms with van der Waals surface area (Å²) < 4.78 is 6.32. The molecule has 1 heterocycles. The maximum absolute atomic E-state index is 10.8. The van der Waals surface area contributed by atoms with Crippen LogP contribution in [0.1, 0.15) is 12.7 Å². The Labute approximate surface area is 86.9 Å². The molecule has 1 rings (SSSR count). The third-order valence-corrected chi connectivity index (χ3v) is 2.41. The Morgan fingerprint density at radius 1 is 1.58 bits per heavy atom. The van der Waals surface area contributed by atoms with Crippen LogP contribution in [0.3, 0.4) is 0 Å². The van der Waals surface area contributed by atoms with Crippen LogP contribution in [-0.2, 0) is 4.79 Å². The van der Waals surface area contributed by atoms with Crippen molar-refractivity contribution in [1.29, 1.82) is 0 Å². The molecule has 0 radical (unpaired) electrons. The van der Waals surface area contributed by atoms with Gasteiger partial charge >= 0.3 is 0 Å². The second-order valence-electron chi connectivity index (χ2n) is 2.19. The Balaban J connectivity index is 2.87. The molecule has 0 aliphatic carbocycles. The second-order valence-corrected chi connectivity index (χ2v) is 3.83. The smallest absolute Gasteiger partial charge is 0.169 e. The highest BCUT2D eigenvalue weighted by atomic mass is 79.9. The minimum absolute atomic E-state index is 0.0254. The molecular formula is C8H6Br2O2. The van der Waals surface area contributed by atoms with Crippen LogP contribution in [0.25, 0.3) is 6.08 Å². The highest BCUT2D eigenvalue weighted by Gasteiger charge is 2.01. The summed E-state index contributed by atoms with van der Waals surface area (Å²) in [7, 11) is 0. The van der Waals surface area contributed by atoms with Crippen molar-refractivity contribution in [3.63, 3.8) is 0 Å². The van der Waals surface area contributed by atoms with E-state index >= 15 is 0 Å². The fourth-order valence-corrected chi connectivity index (χ4v) is 1.18. The van der Waals surface area contributed by atoms with Gasteiger partial charge in [0.25, 0.3) is 0 Å². The zero-order valence-corrected chi connectivity index (χ0v) is 9.48. The molecule has 0 fully saturated rings. The van der Waals surface area contributed by atoms with Crippen molar-refractivity contribution < 1.29 is 9.21 Å². The third-order valence-electron chi connectivity index (χ3n) is 1.20. The fraction of sp³-hybridized carbons (Fsp3) is 0.125. The molecule has 1 aromatic rings. The number of carbonyl (C=O) groups excluding carboxylic acids is 1. The number of allylic oxidation sites excluding steroid dienone is 1. The molecule has 0 amide bonds. The molecule has 0 aliphatic rings. The molecular weight excluding hydrogens is 288 g/mol. The van der Waals surface area contributed by atoms with Crippen molar-refractivity contribution in [2.24, 2.45) is 0 Å². The first kappa shape index (κ1) is 9.74. The normalized spacial score (nSPS) is 11.8. The van der Waals surface area contributed by atoms with E-state index in [4.69, 9.17) is 4.42 Å². The van der Waals surface area contributed by atoms with Gasteiger partial charge < -0.3 is 4.42 Å². The minimum Gasteiger partial charge on any atom is -0.450 e. The SMILES string of the molecule is CC(=O)/C(Br)=C/c1ccc(Br)o1. The zero-order chi connectivity index (χ0) is 9.14. The number of hydrogen-bond acceptors (Lipinski definition) is 2. The van der Waals surface area contributed by atoms with Gasteiger partial charge in [0, 0.05) is 0 Å². The van der Waals surface area contributed by atoms with Gasteiger partial charge in [-0.3, -0.25) is 4.79 Å². The van der Waals surface area contributed by atoms with Gasteiger partial charge in [-0.25, -0.2) is 0 Å². The molecule has 64 valence electrons. The largest absolute Gasteiger partial charge is 0.450 e. The van der Waals surface area contributed by atoms with Gasteiger partial charge in [0.1, 0.15) is 5.76 Å². The molecule has 4 heteroatoms. The summed E-state index contributed by atoms with van der Waals surface area (Å²) in [5.74, 6) is 0.617. The fourth-order valence-electron chi connectivity index (χ4n) is 0.632. The molecule has 0 atom stereocenters. The van der Waals surface area contributed by atoms with E-state index in [-0.39, 0.29) is 5.78 Å². The number of halogens is 2. The Morgan fingerprint density at radius 2 is 2.25 bits per heavy atom. The lowest BCUT2D eigenvalue weighted by Crippen LogP contribution is -1.86. The zero-order valence-electron chi connectivity index (χ0n) is 6.30. The van der Waals surface area contributed by atoms with E-state index < -0.39 is 0 Å². The lowest BCUT2D eigenvalue weighted by Gasteiger charge is -1.88. The van der Waals surface area contributed by atoms with E-state index in [0.29, 0.717) is 14.9 Å². The standard InChI is InChI=1S/C8H6Br2O2/c1-5(11)7(9)4-6-2-3-8(10)12-6/h2-4H,1H3/b7-4-. The van der Waals surface area contributed by atoms with Crippen LogP contribution in [0, 0.1) is 0 Å². The van der Waals surface area contributed by atoms with Crippen LogP contribution < -0.4 is 0 Å². The molecule has 1 aromatic heterocycles. The molecule has 0 unspecified atom stereocenters. The number of rotatable bonds is 2. The monoisotopic (exact) mass is 292 g/mol. The highest BCUT2D eigenvalue weighted by Crippen LogP contribution is 2.18. The Morgan fingerprint density at radius 3 is 2.67 bits per heavy atom. The molecule has 0 N–H and O–H groups in total. The number of Topliss-reactive ketones (excluding diaryl/α,β-unsaturated/α-hetero) is 1. The number of hydrogen-bond donors (Lipinski definition) is 0. The summed E-state index contributed by atoms with van der Waals surface area (Å²) in [5.41, 5.74) is 0. The first-order valence-electron chi connectivity index (χ1n) is 3.23. The van der Waals surface area contributed by atoms with Crippen LogP contribution >= 0.6 is 31.9 Å². The van der Waals surface area contributed by atoms with Gasteiger partial charge in [0.2, 0.25) is 0 Å². The number of furan rings is 1. The van der Waals surface area contributed by atoms with E-state index in [1.165, 1.54) is 6.92 Å². The van der Waals surface area contributed by atoms with E-state index in [1.54, 1.807) is 18.2 Å². The Kier molecular flexibility index (Phi) is 3.29. The first-order valence-corrected chi connectivity index (χ1v) is 4.81. The maximum Gasteiger partial charge on any atom is 0.169 e. The maximum atomic E-state index is 10.8. The summed E-state index contributed by atoms with van der Waals surface area (Å²) in [6, 6.07) is 3.54. The lowest BCUT2D eigenvalue weighted by atomic mass is 10.3. The van der Waals surface area contributed by atoms with E-state index in [0.717, 1.165) is 0 Å². The van der Waals surface area contributed by atoms with E-state index in [2.05, 4.69) is 31.9 Å². The van der Waals surface area contributed by atoms with Crippen LogP contribution in [-0.4, -0.2) is 5.78 Å². The van der Waals surface area contributed by atoms with Crippen molar-refractivity contribution in [2.45, 2.75) is 6.92 Å². The van der Waals surface area contributed by atoms with Crippen LogP contribution in [0.5, 0.6) is 0 Å². The first-order chi connectivity index (χ1) is 5.59. The van der Waals surface area contributed by atoms with Crippen LogP contribution in [0.4, 0.5) is 0 Å². The predicted molar refractivity (Wildman–Crippen MR) is 54.0 cm³/mol. The molecule has 0 saturated heterocycles. The predicted octanol–water partition coefficient (Wildman–Crippen LogP) is 3.37. The quantitative estimate of drug-likeness (QED) is 0.783. The Hall–Kier alpha value is -0.350. The number of carbonyl (C=O) groups is 1.